The number of rotatable bonds is 5. The van der Waals surface area contributed by atoms with Crippen LogP contribution in [0.5, 0.6) is 0 Å². The Hall–Kier alpha value is -3.02. The minimum atomic E-state index is -0.0188. The second kappa shape index (κ2) is 7.92. The number of nitrogens with zero attached hydrogens (tertiary/aromatic N) is 5. The van der Waals surface area contributed by atoms with Crippen LogP contribution >= 0.6 is 0 Å². The van der Waals surface area contributed by atoms with Gasteiger partial charge in [0.25, 0.3) is 0 Å². The summed E-state index contributed by atoms with van der Waals surface area (Å²) < 4.78 is 1.98. The maximum Gasteiger partial charge on any atom is 0.227 e. The molecule has 4 rings (SSSR count). The predicted molar refractivity (Wildman–Crippen MR) is 107 cm³/mol. The Labute approximate surface area is 165 Å². The van der Waals surface area contributed by atoms with Gasteiger partial charge in [-0.15, -0.1) is 0 Å². The fourth-order valence-electron chi connectivity index (χ4n) is 3.83. The molecule has 3 heterocycles. The maximum absolute atomic E-state index is 12.9. The first kappa shape index (κ1) is 18.3. The van der Waals surface area contributed by atoms with E-state index in [0.717, 1.165) is 42.3 Å². The monoisotopic (exact) mass is 375 g/mol. The molecule has 3 aromatic rings. The maximum atomic E-state index is 12.9. The number of carbonyl (C=O) groups excluding carboxylic acids is 1. The van der Waals surface area contributed by atoms with E-state index in [-0.39, 0.29) is 17.9 Å². The van der Waals surface area contributed by atoms with Crippen LogP contribution in [0.1, 0.15) is 55.7 Å². The Balaban J connectivity index is 1.58. The van der Waals surface area contributed by atoms with E-state index in [0.29, 0.717) is 6.42 Å². The van der Waals surface area contributed by atoms with Gasteiger partial charge in [-0.2, -0.15) is 0 Å². The Bertz CT molecular complexity index is 950. The van der Waals surface area contributed by atoms with Crippen LogP contribution in [0.15, 0.2) is 55.1 Å². The van der Waals surface area contributed by atoms with Crippen LogP contribution in [0.25, 0.3) is 5.82 Å². The molecule has 1 fully saturated rings. The van der Waals surface area contributed by atoms with Crippen LogP contribution in [0.2, 0.25) is 0 Å². The largest absolute Gasteiger partial charge is 0.334 e. The molecule has 0 aliphatic carbocycles. The van der Waals surface area contributed by atoms with Gasteiger partial charge in [0, 0.05) is 24.9 Å². The summed E-state index contributed by atoms with van der Waals surface area (Å²) in [5.74, 6) is 2.14. The van der Waals surface area contributed by atoms with Crippen LogP contribution < -0.4 is 0 Å². The first-order valence-electron chi connectivity index (χ1n) is 9.82. The molecule has 1 aliphatic heterocycles. The van der Waals surface area contributed by atoms with Crippen LogP contribution in [0.3, 0.4) is 0 Å². The van der Waals surface area contributed by atoms with Gasteiger partial charge in [0.15, 0.2) is 5.82 Å². The average Bonchev–Trinajstić information content (AvgIpc) is 3.39. The van der Waals surface area contributed by atoms with Gasteiger partial charge in [-0.3, -0.25) is 14.3 Å². The van der Waals surface area contributed by atoms with E-state index < -0.39 is 0 Å². The predicted octanol–water partition coefficient (Wildman–Crippen LogP) is 3.69. The van der Waals surface area contributed by atoms with Gasteiger partial charge >= 0.3 is 0 Å². The highest BCUT2D eigenvalue weighted by Crippen LogP contribution is 2.31. The number of benzene rings is 1. The van der Waals surface area contributed by atoms with Crippen molar-refractivity contribution in [3.8, 4) is 5.82 Å². The lowest BCUT2D eigenvalue weighted by molar-refractivity contribution is -0.131. The van der Waals surface area contributed by atoms with Gasteiger partial charge in [0.05, 0.1) is 30.6 Å². The Kier molecular flexibility index (Phi) is 5.19. The summed E-state index contributed by atoms with van der Waals surface area (Å²) >= 11 is 0. The zero-order chi connectivity index (χ0) is 19.5. The number of carbonyl (C=O) groups is 1. The zero-order valence-corrected chi connectivity index (χ0v) is 16.3. The summed E-state index contributed by atoms with van der Waals surface area (Å²) in [5, 5.41) is 0. The van der Waals surface area contributed by atoms with Gasteiger partial charge in [0.1, 0.15) is 5.82 Å². The number of hydrogen-bond donors (Lipinski definition) is 0. The highest BCUT2D eigenvalue weighted by atomic mass is 16.2. The van der Waals surface area contributed by atoms with E-state index in [2.05, 4.69) is 23.8 Å². The van der Waals surface area contributed by atoms with Crippen molar-refractivity contribution in [1.82, 2.24) is 24.4 Å². The van der Waals surface area contributed by atoms with Crippen LogP contribution in [-0.4, -0.2) is 36.9 Å². The molecule has 0 saturated carbocycles. The topological polar surface area (TPSA) is 63.9 Å². The summed E-state index contributed by atoms with van der Waals surface area (Å²) in [6.07, 6.45) is 9.56. The van der Waals surface area contributed by atoms with E-state index in [1.165, 1.54) is 0 Å². The van der Waals surface area contributed by atoms with Gasteiger partial charge in [0.2, 0.25) is 5.91 Å². The molecule has 28 heavy (non-hydrogen) atoms. The number of imidazole rings is 1. The van der Waals surface area contributed by atoms with Crippen LogP contribution in [0.4, 0.5) is 0 Å². The molecule has 1 amide bonds. The molecule has 6 nitrogen and oxygen atoms in total. The van der Waals surface area contributed by atoms with E-state index >= 15 is 0 Å². The minimum absolute atomic E-state index is 0.0188. The molecular weight excluding hydrogens is 350 g/mol. The second-order valence-corrected chi connectivity index (χ2v) is 7.52. The third-order valence-electron chi connectivity index (χ3n) is 5.19. The summed E-state index contributed by atoms with van der Waals surface area (Å²) in [5.41, 5.74) is 1.89. The van der Waals surface area contributed by atoms with Crippen LogP contribution in [-0.2, 0) is 11.2 Å². The standard InChI is InChI=1S/C22H25N5O/c1-16(2)22-24-10-12-27(22)20-15-23-14-18(25-20)19-9-6-11-26(19)21(28)13-17-7-4-3-5-8-17/h3-5,7-8,10,12,14-16,19H,6,9,11,13H2,1-2H3/t19-/m1/s1. The first-order valence-corrected chi connectivity index (χ1v) is 9.82. The smallest absolute Gasteiger partial charge is 0.227 e. The second-order valence-electron chi connectivity index (χ2n) is 7.52. The molecule has 2 aromatic heterocycles. The van der Waals surface area contributed by atoms with Gasteiger partial charge < -0.3 is 4.90 Å². The zero-order valence-electron chi connectivity index (χ0n) is 16.3. The fourth-order valence-corrected chi connectivity index (χ4v) is 3.83. The third-order valence-corrected chi connectivity index (χ3v) is 5.19. The molecule has 0 radical (unpaired) electrons. The molecule has 0 unspecified atom stereocenters. The highest BCUT2D eigenvalue weighted by molar-refractivity contribution is 5.79. The summed E-state index contributed by atoms with van der Waals surface area (Å²) in [4.78, 5) is 28.6. The lowest BCUT2D eigenvalue weighted by atomic mass is 10.1. The van der Waals surface area contributed by atoms with Gasteiger partial charge in [-0.1, -0.05) is 44.2 Å². The Morgan fingerprint density at radius 2 is 2.04 bits per heavy atom. The van der Waals surface area contributed by atoms with E-state index in [4.69, 9.17) is 4.98 Å². The number of hydrogen-bond acceptors (Lipinski definition) is 4. The molecule has 1 aromatic carbocycles. The average molecular weight is 375 g/mol. The van der Waals surface area contributed by atoms with Crippen molar-refractivity contribution in [3.63, 3.8) is 0 Å². The molecule has 1 aliphatic rings. The number of amides is 1. The van der Waals surface area contributed by atoms with E-state index in [1.54, 1.807) is 18.6 Å². The van der Waals surface area contributed by atoms with Crippen molar-refractivity contribution in [2.45, 2.75) is 45.1 Å². The molecule has 0 bridgehead atoms. The van der Waals surface area contributed by atoms with Gasteiger partial charge in [-0.05, 0) is 18.4 Å². The molecule has 1 atom stereocenters. The van der Waals surface area contributed by atoms with Crippen molar-refractivity contribution in [1.29, 1.82) is 0 Å². The quantitative estimate of drug-likeness (QED) is 0.682. The Morgan fingerprint density at radius 1 is 1.21 bits per heavy atom. The lowest BCUT2D eigenvalue weighted by Crippen LogP contribution is -2.32. The molecule has 0 spiro atoms. The van der Waals surface area contributed by atoms with Gasteiger partial charge in [-0.25, -0.2) is 9.97 Å². The summed E-state index contributed by atoms with van der Waals surface area (Å²) in [7, 11) is 0. The van der Waals surface area contributed by atoms with Crippen molar-refractivity contribution < 1.29 is 4.79 Å². The summed E-state index contributed by atoms with van der Waals surface area (Å²) in [6, 6.07) is 9.88. The van der Waals surface area contributed by atoms with E-state index in [9.17, 15) is 4.79 Å². The molecule has 144 valence electrons. The molecular formula is C22H25N5O. The SMILES string of the molecule is CC(C)c1nccn1-c1cncc([C@H]2CCCN2C(=O)Cc2ccccc2)n1. The first-order chi connectivity index (χ1) is 13.6. The lowest BCUT2D eigenvalue weighted by Gasteiger charge is -2.24. The van der Waals surface area contributed by atoms with Crippen LogP contribution in [0, 0.1) is 0 Å². The van der Waals surface area contributed by atoms with Crippen molar-refractivity contribution in [2.75, 3.05) is 6.54 Å². The van der Waals surface area contributed by atoms with E-state index in [1.807, 2.05) is 46.0 Å². The van der Waals surface area contributed by atoms with Crippen molar-refractivity contribution >= 4 is 5.91 Å². The number of likely N-dealkylation sites (tertiary alicyclic amines) is 1. The molecule has 1 saturated heterocycles. The summed E-state index contributed by atoms with van der Waals surface area (Å²) in [6.45, 7) is 4.98. The third kappa shape index (κ3) is 3.67. The molecule has 6 heteroatoms. The normalized spacial score (nSPS) is 16.7. The fraction of sp³-hybridized carbons (Fsp3) is 0.364. The number of aromatic nitrogens is 4. The minimum Gasteiger partial charge on any atom is -0.334 e. The Morgan fingerprint density at radius 3 is 2.82 bits per heavy atom. The highest BCUT2D eigenvalue weighted by Gasteiger charge is 2.31. The van der Waals surface area contributed by atoms with Crippen molar-refractivity contribution in [3.05, 3.63) is 72.2 Å². The molecule has 0 N–H and O–H groups in total. The van der Waals surface area contributed by atoms with Crippen molar-refractivity contribution in [2.24, 2.45) is 0 Å².